The van der Waals surface area contributed by atoms with E-state index in [0.29, 0.717) is 5.02 Å². The van der Waals surface area contributed by atoms with E-state index in [9.17, 15) is 13.2 Å². The number of rotatable bonds is 5. The van der Waals surface area contributed by atoms with Crippen LogP contribution in [0.3, 0.4) is 0 Å². The van der Waals surface area contributed by atoms with Gasteiger partial charge < -0.3 is 5.32 Å². The van der Waals surface area contributed by atoms with E-state index in [0.717, 1.165) is 0 Å². The number of benzene rings is 2. The van der Waals surface area contributed by atoms with Crippen LogP contribution in [0, 0.1) is 0 Å². The molecule has 0 fully saturated rings. The Balaban J connectivity index is 2.54. The van der Waals surface area contributed by atoms with E-state index in [1.807, 2.05) is 0 Å². The highest BCUT2D eigenvalue weighted by Crippen LogP contribution is 2.31. The van der Waals surface area contributed by atoms with Crippen LogP contribution >= 0.6 is 47.4 Å². The van der Waals surface area contributed by atoms with Gasteiger partial charge >= 0.3 is 0 Å². The minimum atomic E-state index is -3.93. The molecule has 2 rings (SSSR count). The van der Waals surface area contributed by atoms with E-state index in [-0.39, 0.29) is 26.3 Å². The Labute approximate surface area is 160 Å². The Morgan fingerprint density at radius 1 is 1.04 bits per heavy atom. The predicted octanol–water partition coefficient (Wildman–Crippen LogP) is 4.17. The molecule has 0 saturated heterocycles. The lowest BCUT2D eigenvalue weighted by Gasteiger charge is -2.20. The molecule has 128 valence electrons. The first-order valence-electron chi connectivity index (χ1n) is 6.60. The second-order valence-electron chi connectivity index (χ2n) is 4.78. The van der Waals surface area contributed by atoms with Crippen molar-refractivity contribution in [1.82, 2.24) is 5.32 Å². The quantitative estimate of drug-likeness (QED) is 0.708. The molecular weight excluding hydrogens is 413 g/mol. The van der Waals surface area contributed by atoms with Gasteiger partial charge in [0, 0.05) is 5.02 Å². The monoisotopic (exact) mass is 423 g/mol. The van der Waals surface area contributed by atoms with E-state index in [1.165, 1.54) is 42.5 Å². The van der Waals surface area contributed by atoms with Crippen LogP contribution in [0.15, 0.2) is 47.4 Å². The molecule has 0 aliphatic rings. The van der Waals surface area contributed by atoms with Crippen LogP contribution in [0.5, 0.6) is 0 Å². The highest BCUT2D eigenvalue weighted by Gasteiger charge is 2.30. The summed E-state index contributed by atoms with van der Waals surface area (Å²) in [4.78, 5) is 11.8. The maximum absolute atomic E-state index is 12.9. The molecule has 1 unspecified atom stereocenters. The third kappa shape index (κ3) is 4.37. The molecule has 0 spiro atoms. The molecule has 0 bridgehead atoms. The number of amides is 1. The van der Waals surface area contributed by atoms with Gasteiger partial charge in [0.15, 0.2) is 5.37 Å². The number of halogens is 3. The summed E-state index contributed by atoms with van der Waals surface area (Å²) < 4.78 is 25.9. The molecule has 0 aliphatic carbocycles. The molecule has 0 aliphatic heterocycles. The van der Waals surface area contributed by atoms with Crippen LogP contribution in [0.25, 0.3) is 0 Å². The lowest BCUT2D eigenvalue weighted by molar-refractivity contribution is -0.118. The third-order valence-electron chi connectivity index (χ3n) is 3.13. The average molecular weight is 425 g/mol. The van der Waals surface area contributed by atoms with Gasteiger partial charge in [0.05, 0.1) is 20.7 Å². The number of nitrogens with one attached hydrogen (secondary N) is 1. The molecule has 24 heavy (non-hydrogen) atoms. The van der Waals surface area contributed by atoms with Gasteiger partial charge in [0.1, 0.15) is 0 Å². The third-order valence-corrected chi connectivity index (χ3v) is 6.35. The zero-order chi connectivity index (χ0) is 17.9. The molecule has 2 aromatic carbocycles. The normalized spacial score (nSPS) is 12.7. The van der Waals surface area contributed by atoms with Crippen molar-refractivity contribution in [3.8, 4) is 0 Å². The van der Waals surface area contributed by atoms with Crippen molar-refractivity contribution in [1.29, 1.82) is 0 Å². The van der Waals surface area contributed by atoms with E-state index in [1.54, 1.807) is 0 Å². The van der Waals surface area contributed by atoms with Crippen LogP contribution in [-0.2, 0) is 14.6 Å². The maximum Gasteiger partial charge on any atom is 0.231 e. The Morgan fingerprint density at radius 2 is 1.67 bits per heavy atom. The topological polar surface area (TPSA) is 63.2 Å². The standard InChI is InChI=1S/C15H12Cl3NO3S2/c16-10-2-4-11(5-3-10)24(21,22)15(19-14(20)8-23)9-1-6-12(17)13(18)7-9/h1-7,15,23H,8H2,(H,19,20). The molecule has 2 aromatic rings. The van der Waals surface area contributed by atoms with Gasteiger partial charge in [-0.3, -0.25) is 4.79 Å². The van der Waals surface area contributed by atoms with Crippen molar-refractivity contribution < 1.29 is 13.2 Å². The van der Waals surface area contributed by atoms with Gasteiger partial charge in [0.2, 0.25) is 15.7 Å². The Kier molecular flexibility index (Phi) is 6.45. The van der Waals surface area contributed by atoms with E-state index < -0.39 is 21.1 Å². The van der Waals surface area contributed by atoms with E-state index in [2.05, 4.69) is 17.9 Å². The fourth-order valence-corrected chi connectivity index (χ4v) is 4.07. The van der Waals surface area contributed by atoms with Gasteiger partial charge in [0.25, 0.3) is 0 Å². The van der Waals surface area contributed by atoms with Crippen molar-refractivity contribution in [3.05, 3.63) is 63.1 Å². The number of carbonyl (C=O) groups is 1. The van der Waals surface area contributed by atoms with Crippen molar-refractivity contribution in [2.24, 2.45) is 0 Å². The second-order valence-corrected chi connectivity index (χ2v) is 8.38. The number of sulfone groups is 1. The Morgan fingerprint density at radius 3 is 2.21 bits per heavy atom. The number of hydrogen-bond acceptors (Lipinski definition) is 4. The highest BCUT2D eigenvalue weighted by molar-refractivity contribution is 7.91. The van der Waals surface area contributed by atoms with E-state index in [4.69, 9.17) is 34.8 Å². The highest BCUT2D eigenvalue weighted by atomic mass is 35.5. The number of thiol groups is 1. The summed E-state index contributed by atoms with van der Waals surface area (Å²) in [5, 5.41) is 1.99. The molecule has 0 saturated carbocycles. The molecule has 9 heteroatoms. The van der Waals surface area contributed by atoms with Crippen molar-refractivity contribution >= 4 is 63.2 Å². The summed E-state index contributed by atoms with van der Waals surface area (Å²) in [6, 6.07) is 10.0. The van der Waals surface area contributed by atoms with Crippen LogP contribution in [0.4, 0.5) is 0 Å². The molecule has 0 heterocycles. The summed E-state index contributed by atoms with van der Waals surface area (Å²) in [7, 11) is -3.93. The van der Waals surface area contributed by atoms with Crippen LogP contribution in [0.1, 0.15) is 10.9 Å². The zero-order valence-corrected chi connectivity index (χ0v) is 16.0. The fraction of sp³-hybridized carbons (Fsp3) is 0.133. The first kappa shape index (κ1) is 19.4. The van der Waals surface area contributed by atoms with Gasteiger partial charge in [-0.2, -0.15) is 12.6 Å². The second kappa shape index (κ2) is 7.97. The average Bonchev–Trinajstić information content (AvgIpc) is 2.55. The molecule has 1 amide bonds. The maximum atomic E-state index is 12.9. The minimum Gasteiger partial charge on any atom is -0.335 e. The van der Waals surface area contributed by atoms with Gasteiger partial charge in [-0.1, -0.05) is 40.9 Å². The Bertz CT molecular complexity index is 855. The molecule has 1 atom stereocenters. The largest absolute Gasteiger partial charge is 0.335 e. The zero-order valence-electron chi connectivity index (χ0n) is 12.0. The van der Waals surface area contributed by atoms with Crippen LogP contribution in [-0.4, -0.2) is 20.1 Å². The summed E-state index contributed by atoms with van der Waals surface area (Å²) in [6.45, 7) is 0. The number of carbonyl (C=O) groups excluding carboxylic acids is 1. The Hall–Kier alpha value is -0.920. The summed E-state index contributed by atoms with van der Waals surface area (Å²) in [5.74, 6) is -0.694. The first-order chi connectivity index (χ1) is 11.3. The molecule has 4 nitrogen and oxygen atoms in total. The summed E-state index contributed by atoms with van der Waals surface area (Å²) >= 11 is 21.5. The lowest BCUT2D eigenvalue weighted by Crippen LogP contribution is -2.34. The molecule has 0 radical (unpaired) electrons. The molecule has 1 N–H and O–H groups in total. The van der Waals surface area contributed by atoms with Gasteiger partial charge in [-0.15, -0.1) is 0 Å². The van der Waals surface area contributed by atoms with Crippen LogP contribution < -0.4 is 5.32 Å². The summed E-state index contributed by atoms with van der Waals surface area (Å²) in [6.07, 6.45) is 0. The minimum absolute atomic E-state index is 0.0161. The molecule has 0 aromatic heterocycles. The first-order valence-corrected chi connectivity index (χ1v) is 9.91. The molecular formula is C15H12Cl3NO3S2. The summed E-state index contributed by atoms with van der Waals surface area (Å²) in [5.41, 5.74) is 0.287. The van der Waals surface area contributed by atoms with Crippen molar-refractivity contribution in [2.45, 2.75) is 10.3 Å². The van der Waals surface area contributed by atoms with Crippen molar-refractivity contribution in [2.75, 3.05) is 5.75 Å². The fourth-order valence-electron chi connectivity index (χ4n) is 1.97. The number of hydrogen-bond donors (Lipinski definition) is 2. The SMILES string of the molecule is O=C(CS)NC(c1ccc(Cl)c(Cl)c1)S(=O)(=O)c1ccc(Cl)cc1. The van der Waals surface area contributed by atoms with Crippen molar-refractivity contribution in [3.63, 3.8) is 0 Å². The van der Waals surface area contributed by atoms with Crippen LogP contribution in [0.2, 0.25) is 15.1 Å². The predicted molar refractivity (Wildman–Crippen MR) is 99.8 cm³/mol. The lowest BCUT2D eigenvalue weighted by atomic mass is 10.2. The van der Waals surface area contributed by atoms with Gasteiger partial charge in [-0.25, -0.2) is 8.42 Å². The smallest absolute Gasteiger partial charge is 0.231 e. The van der Waals surface area contributed by atoms with Gasteiger partial charge in [-0.05, 0) is 42.0 Å². The van der Waals surface area contributed by atoms with E-state index >= 15 is 0 Å².